The van der Waals surface area contributed by atoms with Gasteiger partial charge in [0.1, 0.15) is 0 Å². The lowest BCUT2D eigenvalue weighted by molar-refractivity contribution is 0.373. The van der Waals surface area contributed by atoms with Gasteiger partial charge < -0.3 is 10.2 Å². The summed E-state index contributed by atoms with van der Waals surface area (Å²) >= 11 is 4.97. The fraction of sp³-hybridized carbons (Fsp3) is 0.500. The summed E-state index contributed by atoms with van der Waals surface area (Å²) in [6.07, 6.45) is 5.11. The van der Waals surface area contributed by atoms with E-state index in [1.807, 2.05) is 4.90 Å². The highest BCUT2D eigenvalue weighted by atomic mass is 32.1. The van der Waals surface area contributed by atoms with Crippen LogP contribution in [0.25, 0.3) is 0 Å². The van der Waals surface area contributed by atoms with E-state index in [0.29, 0.717) is 6.54 Å². The number of hydrogen-bond acceptors (Lipinski definition) is 2. The van der Waals surface area contributed by atoms with Crippen LogP contribution in [-0.2, 0) is 0 Å². The van der Waals surface area contributed by atoms with Crippen molar-refractivity contribution in [1.82, 2.24) is 15.5 Å². The number of hydrogen-bond donors (Lipinski definition) is 2. The van der Waals surface area contributed by atoms with E-state index < -0.39 is 0 Å². The molecule has 54 valence electrons. The second-order valence-electron chi connectivity index (χ2n) is 1.97. The van der Waals surface area contributed by atoms with Gasteiger partial charge in [0.25, 0.3) is 0 Å². The molecule has 0 aromatic heterocycles. The van der Waals surface area contributed by atoms with Gasteiger partial charge in [-0.3, -0.25) is 5.32 Å². The minimum atomic E-state index is 0.568. The Hall–Kier alpha value is -0.790. The average molecular weight is 155 g/mol. The third kappa shape index (κ3) is 1.59. The first-order valence-corrected chi connectivity index (χ1v) is 3.42. The minimum Gasteiger partial charge on any atom is -0.350 e. The van der Waals surface area contributed by atoms with Crippen LogP contribution >= 0.6 is 12.2 Å². The van der Waals surface area contributed by atoms with Crippen molar-refractivity contribution >= 4 is 17.3 Å². The van der Waals surface area contributed by atoms with Crippen LogP contribution in [0.15, 0.2) is 0 Å². The Morgan fingerprint density at radius 2 is 2.60 bits per heavy atom. The summed E-state index contributed by atoms with van der Waals surface area (Å²) in [4.78, 5) is 1.89. The Labute approximate surface area is 65.8 Å². The van der Waals surface area contributed by atoms with Gasteiger partial charge in [0.15, 0.2) is 5.11 Å². The Bertz CT molecular complexity index is 172. The van der Waals surface area contributed by atoms with Crippen LogP contribution in [0.1, 0.15) is 0 Å². The summed E-state index contributed by atoms with van der Waals surface area (Å²) in [7, 11) is 0. The lowest BCUT2D eigenvalue weighted by Crippen LogP contribution is -2.54. The molecule has 1 fully saturated rings. The van der Waals surface area contributed by atoms with Gasteiger partial charge in [-0.15, -0.1) is 6.42 Å². The van der Waals surface area contributed by atoms with Crippen LogP contribution in [0.3, 0.4) is 0 Å². The topological polar surface area (TPSA) is 27.3 Å². The Morgan fingerprint density at radius 3 is 3.20 bits per heavy atom. The van der Waals surface area contributed by atoms with E-state index in [4.69, 9.17) is 18.6 Å². The summed E-state index contributed by atoms with van der Waals surface area (Å²) in [5, 5.41) is 6.78. The van der Waals surface area contributed by atoms with Gasteiger partial charge in [-0.05, 0) is 12.2 Å². The molecule has 0 aromatic rings. The maximum Gasteiger partial charge on any atom is 0.171 e. The first-order chi connectivity index (χ1) is 4.84. The van der Waals surface area contributed by atoms with Crippen LogP contribution in [0.4, 0.5) is 0 Å². The number of nitrogens with zero attached hydrogens (tertiary/aromatic N) is 1. The average Bonchev–Trinajstić information content (AvgIpc) is 1.94. The smallest absolute Gasteiger partial charge is 0.171 e. The van der Waals surface area contributed by atoms with E-state index in [2.05, 4.69) is 16.6 Å². The molecule has 0 amide bonds. The summed E-state index contributed by atoms with van der Waals surface area (Å²) in [6.45, 7) is 2.05. The van der Waals surface area contributed by atoms with Gasteiger partial charge in [0.05, 0.1) is 19.9 Å². The molecule has 0 aliphatic carbocycles. The van der Waals surface area contributed by atoms with Crippen molar-refractivity contribution in [3.8, 4) is 12.3 Å². The third-order valence-corrected chi connectivity index (χ3v) is 1.64. The standard InChI is InChI=1S/C6H9N3S/c1-2-3-9-5-7-4-8-6(9)10/h1,7H,3-5H2,(H,8,10). The number of thiocarbonyl (C=S) groups is 1. The molecule has 0 aromatic carbocycles. The van der Waals surface area contributed by atoms with Gasteiger partial charge in [-0.25, -0.2) is 0 Å². The van der Waals surface area contributed by atoms with Crippen molar-refractivity contribution in [2.45, 2.75) is 0 Å². The molecule has 0 unspecified atom stereocenters. The molecule has 0 bridgehead atoms. The number of rotatable bonds is 1. The van der Waals surface area contributed by atoms with Gasteiger partial charge >= 0.3 is 0 Å². The molecule has 0 saturated carbocycles. The van der Waals surface area contributed by atoms with E-state index >= 15 is 0 Å². The van der Waals surface area contributed by atoms with Gasteiger partial charge in [-0.2, -0.15) is 0 Å². The van der Waals surface area contributed by atoms with Crippen molar-refractivity contribution in [2.24, 2.45) is 0 Å². The highest BCUT2D eigenvalue weighted by Crippen LogP contribution is 1.89. The van der Waals surface area contributed by atoms with Crippen molar-refractivity contribution < 1.29 is 0 Å². The fourth-order valence-corrected chi connectivity index (χ4v) is 0.952. The van der Waals surface area contributed by atoms with Crippen LogP contribution in [0.2, 0.25) is 0 Å². The van der Waals surface area contributed by atoms with E-state index in [1.165, 1.54) is 0 Å². The molecule has 0 spiro atoms. The summed E-state index contributed by atoms with van der Waals surface area (Å²) < 4.78 is 0. The molecule has 10 heavy (non-hydrogen) atoms. The molecule has 1 aliphatic rings. The molecule has 1 aliphatic heterocycles. The zero-order chi connectivity index (χ0) is 7.40. The predicted molar refractivity (Wildman–Crippen MR) is 44.1 cm³/mol. The van der Waals surface area contributed by atoms with Crippen molar-refractivity contribution in [3.63, 3.8) is 0 Å². The normalized spacial score (nSPS) is 17.9. The zero-order valence-electron chi connectivity index (χ0n) is 5.55. The van der Waals surface area contributed by atoms with E-state index in [1.54, 1.807) is 0 Å². The molecule has 0 atom stereocenters. The monoisotopic (exact) mass is 155 g/mol. The van der Waals surface area contributed by atoms with Crippen LogP contribution in [0.5, 0.6) is 0 Å². The van der Waals surface area contributed by atoms with E-state index in [-0.39, 0.29) is 0 Å². The second kappa shape index (κ2) is 3.40. The summed E-state index contributed by atoms with van der Waals surface area (Å²) in [6, 6.07) is 0. The molecule has 1 saturated heterocycles. The lowest BCUT2D eigenvalue weighted by Gasteiger charge is -2.28. The molecular weight excluding hydrogens is 146 g/mol. The molecule has 1 heterocycles. The van der Waals surface area contributed by atoms with Gasteiger partial charge in [-0.1, -0.05) is 5.92 Å². The van der Waals surface area contributed by atoms with Crippen LogP contribution in [-0.4, -0.2) is 29.9 Å². The van der Waals surface area contributed by atoms with Crippen molar-refractivity contribution in [3.05, 3.63) is 0 Å². The first kappa shape index (κ1) is 7.32. The van der Waals surface area contributed by atoms with Crippen LogP contribution < -0.4 is 10.6 Å². The number of terminal acetylenes is 1. The second-order valence-corrected chi connectivity index (χ2v) is 2.36. The van der Waals surface area contributed by atoms with Crippen LogP contribution in [0, 0.1) is 12.3 Å². The molecule has 0 radical (unpaired) electrons. The molecule has 2 N–H and O–H groups in total. The maximum atomic E-state index is 5.11. The molecule has 4 heteroatoms. The zero-order valence-corrected chi connectivity index (χ0v) is 6.37. The van der Waals surface area contributed by atoms with E-state index in [0.717, 1.165) is 18.4 Å². The Kier molecular flexibility index (Phi) is 2.49. The minimum absolute atomic E-state index is 0.568. The molecule has 3 nitrogen and oxygen atoms in total. The number of nitrogens with one attached hydrogen (secondary N) is 2. The lowest BCUT2D eigenvalue weighted by atomic mass is 10.5. The molecular formula is C6H9N3S. The highest BCUT2D eigenvalue weighted by Gasteiger charge is 2.10. The summed E-state index contributed by atoms with van der Waals surface area (Å²) in [5.74, 6) is 2.53. The Balaban J connectivity index is 2.42. The third-order valence-electron chi connectivity index (χ3n) is 1.24. The molecule has 1 rings (SSSR count). The SMILES string of the molecule is C#CCN1CNCNC1=S. The maximum absolute atomic E-state index is 5.11. The van der Waals surface area contributed by atoms with Crippen molar-refractivity contribution in [2.75, 3.05) is 19.9 Å². The summed E-state index contributed by atoms with van der Waals surface area (Å²) in [5.41, 5.74) is 0. The fourth-order valence-electron chi connectivity index (χ4n) is 0.750. The van der Waals surface area contributed by atoms with Crippen molar-refractivity contribution in [1.29, 1.82) is 0 Å². The quantitative estimate of drug-likeness (QED) is 0.387. The van der Waals surface area contributed by atoms with Gasteiger partial charge in [0, 0.05) is 0 Å². The Morgan fingerprint density at radius 1 is 1.80 bits per heavy atom. The van der Waals surface area contributed by atoms with Gasteiger partial charge in [0.2, 0.25) is 0 Å². The highest BCUT2D eigenvalue weighted by molar-refractivity contribution is 7.80. The largest absolute Gasteiger partial charge is 0.350 e. The predicted octanol–water partition coefficient (Wildman–Crippen LogP) is -0.686. The van der Waals surface area contributed by atoms with E-state index in [9.17, 15) is 0 Å². The first-order valence-electron chi connectivity index (χ1n) is 3.01.